The van der Waals surface area contributed by atoms with Gasteiger partial charge in [0.25, 0.3) is 0 Å². The zero-order valence-electron chi connectivity index (χ0n) is 11.9. The summed E-state index contributed by atoms with van der Waals surface area (Å²) >= 11 is 1.42. The molecule has 1 aliphatic rings. The number of hydrogen-bond donors (Lipinski definition) is 1. The molecule has 0 amide bonds. The zero-order valence-corrected chi connectivity index (χ0v) is 13.5. The Labute approximate surface area is 119 Å². The molecule has 1 fully saturated rings. The minimum absolute atomic E-state index is 0.0260. The average molecular weight is 309 g/mol. The van der Waals surface area contributed by atoms with Crippen molar-refractivity contribution < 1.29 is 18.3 Å². The molecule has 0 aromatic rings. The summed E-state index contributed by atoms with van der Waals surface area (Å²) in [6.07, 6.45) is 0.556. The van der Waals surface area contributed by atoms with E-state index < -0.39 is 22.0 Å². The topological polar surface area (TPSA) is 74.7 Å². The number of hydrogen-bond acceptors (Lipinski definition) is 4. The highest BCUT2D eigenvalue weighted by Crippen LogP contribution is 2.36. The van der Waals surface area contributed by atoms with Crippen molar-refractivity contribution in [2.45, 2.75) is 45.5 Å². The predicted molar refractivity (Wildman–Crippen MR) is 77.6 cm³/mol. The fraction of sp³-hybridized carbons (Fsp3) is 0.917. The molecule has 0 bridgehead atoms. The van der Waals surface area contributed by atoms with E-state index >= 15 is 0 Å². The molecule has 0 radical (unpaired) electrons. The number of rotatable bonds is 6. The van der Waals surface area contributed by atoms with E-state index in [4.69, 9.17) is 0 Å². The van der Waals surface area contributed by atoms with E-state index in [-0.39, 0.29) is 23.0 Å². The summed E-state index contributed by atoms with van der Waals surface area (Å²) in [5.41, 5.74) is 0. The van der Waals surface area contributed by atoms with Crippen molar-refractivity contribution in [3.05, 3.63) is 0 Å². The molecule has 7 heteroatoms. The standard InChI is InChI=1S/C12H23NO4S2/c1-8(2)5-6-19(16,17)13-10(12(14)15)7-18-11(13)9(3)4/h8-11H,5-7H2,1-4H3,(H,14,15). The lowest BCUT2D eigenvalue weighted by Gasteiger charge is -2.29. The molecule has 1 aliphatic heterocycles. The van der Waals surface area contributed by atoms with Gasteiger partial charge in [0.2, 0.25) is 10.0 Å². The number of thioether (sulfide) groups is 1. The summed E-state index contributed by atoms with van der Waals surface area (Å²) in [6.45, 7) is 7.77. The lowest BCUT2D eigenvalue weighted by atomic mass is 10.2. The Bertz CT molecular complexity index is 419. The molecule has 5 nitrogen and oxygen atoms in total. The second-order valence-corrected chi connectivity index (χ2v) is 8.79. The van der Waals surface area contributed by atoms with Gasteiger partial charge in [-0.05, 0) is 18.3 Å². The lowest BCUT2D eigenvalue weighted by Crippen LogP contribution is -2.48. The Kier molecular flexibility index (Phi) is 5.70. The third-order valence-corrected chi connectivity index (χ3v) is 6.74. The number of carbonyl (C=O) groups is 1. The number of carboxylic acids is 1. The van der Waals surface area contributed by atoms with Crippen molar-refractivity contribution in [3.63, 3.8) is 0 Å². The van der Waals surface area contributed by atoms with Gasteiger partial charge in [0.05, 0.1) is 11.1 Å². The fourth-order valence-electron chi connectivity index (χ4n) is 2.02. The van der Waals surface area contributed by atoms with Crippen molar-refractivity contribution in [2.24, 2.45) is 11.8 Å². The Morgan fingerprint density at radius 1 is 1.37 bits per heavy atom. The van der Waals surface area contributed by atoms with Gasteiger partial charge in [0.15, 0.2) is 0 Å². The summed E-state index contributed by atoms with van der Waals surface area (Å²) < 4.78 is 26.1. The van der Waals surface area contributed by atoms with Gasteiger partial charge in [0, 0.05) is 5.75 Å². The van der Waals surface area contributed by atoms with E-state index in [0.29, 0.717) is 12.2 Å². The van der Waals surface area contributed by atoms with Crippen molar-refractivity contribution in [2.75, 3.05) is 11.5 Å². The van der Waals surface area contributed by atoms with Crippen LogP contribution in [-0.2, 0) is 14.8 Å². The molecular formula is C12H23NO4S2. The first-order valence-electron chi connectivity index (χ1n) is 6.52. The number of nitrogens with zero attached hydrogens (tertiary/aromatic N) is 1. The summed E-state index contributed by atoms with van der Waals surface area (Å²) in [4.78, 5) is 11.2. The Morgan fingerprint density at radius 3 is 2.37 bits per heavy atom. The SMILES string of the molecule is CC(C)CCS(=O)(=O)N1C(C(=O)O)CSC1C(C)C. The molecule has 0 spiro atoms. The van der Waals surface area contributed by atoms with Gasteiger partial charge in [-0.15, -0.1) is 11.8 Å². The average Bonchev–Trinajstić information content (AvgIpc) is 2.71. The fourth-order valence-corrected chi connectivity index (χ4v) is 6.15. The van der Waals surface area contributed by atoms with Gasteiger partial charge < -0.3 is 5.11 Å². The second-order valence-electron chi connectivity index (χ2n) is 5.65. The quantitative estimate of drug-likeness (QED) is 0.810. The first-order chi connectivity index (χ1) is 8.66. The van der Waals surface area contributed by atoms with E-state index in [1.165, 1.54) is 16.1 Å². The number of aliphatic carboxylic acids is 1. The van der Waals surface area contributed by atoms with E-state index in [2.05, 4.69) is 0 Å². The normalized spacial score (nSPS) is 25.4. The van der Waals surface area contributed by atoms with Gasteiger partial charge >= 0.3 is 5.97 Å². The third kappa shape index (κ3) is 4.10. The van der Waals surface area contributed by atoms with Gasteiger partial charge in [0.1, 0.15) is 6.04 Å². The highest BCUT2D eigenvalue weighted by atomic mass is 32.2. The van der Waals surface area contributed by atoms with E-state index in [9.17, 15) is 18.3 Å². The molecule has 0 aromatic heterocycles. The molecule has 2 atom stereocenters. The van der Waals surface area contributed by atoms with Gasteiger partial charge in [-0.2, -0.15) is 4.31 Å². The van der Waals surface area contributed by atoms with Crippen LogP contribution in [0.25, 0.3) is 0 Å². The van der Waals surface area contributed by atoms with Crippen LogP contribution >= 0.6 is 11.8 Å². The van der Waals surface area contributed by atoms with Crippen LogP contribution in [0.2, 0.25) is 0 Å². The summed E-state index contributed by atoms with van der Waals surface area (Å²) in [7, 11) is -3.51. The van der Waals surface area contributed by atoms with Crippen LogP contribution in [0.4, 0.5) is 0 Å². The van der Waals surface area contributed by atoms with Crippen LogP contribution in [-0.4, -0.2) is 46.7 Å². The van der Waals surface area contributed by atoms with Crippen LogP contribution in [0.3, 0.4) is 0 Å². The van der Waals surface area contributed by atoms with Crippen LogP contribution < -0.4 is 0 Å². The maximum atomic E-state index is 12.4. The molecule has 1 heterocycles. The van der Waals surface area contributed by atoms with Crippen molar-refractivity contribution in [1.82, 2.24) is 4.31 Å². The monoisotopic (exact) mass is 309 g/mol. The predicted octanol–water partition coefficient (Wildman–Crippen LogP) is 1.85. The van der Waals surface area contributed by atoms with Gasteiger partial charge in [-0.1, -0.05) is 27.7 Å². The zero-order chi connectivity index (χ0) is 14.8. The minimum atomic E-state index is -3.51. The highest BCUT2D eigenvalue weighted by molar-refractivity contribution is 8.01. The van der Waals surface area contributed by atoms with Gasteiger partial charge in [-0.25, -0.2) is 8.42 Å². The molecule has 2 unspecified atom stereocenters. The molecule has 1 N–H and O–H groups in total. The van der Waals surface area contributed by atoms with Gasteiger partial charge in [-0.3, -0.25) is 4.79 Å². The van der Waals surface area contributed by atoms with Crippen molar-refractivity contribution in [1.29, 1.82) is 0 Å². The maximum absolute atomic E-state index is 12.4. The summed E-state index contributed by atoms with van der Waals surface area (Å²) in [5, 5.41) is 8.94. The first kappa shape index (κ1) is 16.8. The highest BCUT2D eigenvalue weighted by Gasteiger charge is 2.46. The number of sulfonamides is 1. The lowest BCUT2D eigenvalue weighted by molar-refractivity contribution is -0.140. The molecule has 1 saturated heterocycles. The first-order valence-corrected chi connectivity index (χ1v) is 9.18. The minimum Gasteiger partial charge on any atom is -0.480 e. The third-order valence-electron chi connectivity index (χ3n) is 3.11. The number of carboxylic acid groups (broad SMARTS) is 1. The second kappa shape index (κ2) is 6.45. The smallest absolute Gasteiger partial charge is 0.322 e. The van der Waals surface area contributed by atoms with Crippen LogP contribution in [0.5, 0.6) is 0 Å². The Balaban J connectivity index is 2.98. The Morgan fingerprint density at radius 2 is 1.95 bits per heavy atom. The molecule has 0 saturated carbocycles. The van der Waals surface area contributed by atoms with E-state index in [0.717, 1.165) is 0 Å². The molecule has 112 valence electrons. The van der Waals surface area contributed by atoms with Crippen molar-refractivity contribution in [3.8, 4) is 0 Å². The van der Waals surface area contributed by atoms with E-state index in [1.807, 2.05) is 27.7 Å². The Hall–Kier alpha value is -0.270. The van der Waals surface area contributed by atoms with Crippen LogP contribution in [0, 0.1) is 11.8 Å². The maximum Gasteiger partial charge on any atom is 0.322 e. The van der Waals surface area contributed by atoms with Crippen molar-refractivity contribution >= 4 is 27.8 Å². The summed E-state index contributed by atoms with van der Waals surface area (Å²) in [5.74, 6) is -0.310. The van der Waals surface area contributed by atoms with E-state index in [1.54, 1.807) is 0 Å². The van der Waals surface area contributed by atoms with Crippen LogP contribution in [0.15, 0.2) is 0 Å². The molecule has 1 rings (SSSR count). The largest absolute Gasteiger partial charge is 0.480 e. The molecular weight excluding hydrogens is 286 g/mol. The molecule has 0 aliphatic carbocycles. The molecule has 19 heavy (non-hydrogen) atoms. The van der Waals surface area contributed by atoms with Crippen LogP contribution in [0.1, 0.15) is 34.1 Å². The summed E-state index contributed by atoms with van der Waals surface area (Å²) in [6, 6.07) is -0.922. The molecule has 0 aromatic carbocycles.